The van der Waals surface area contributed by atoms with Crippen LogP contribution < -0.4 is 20.7 Å². The highest BCUT2D eigenvalue weighted by Crippen LogP contribution is 2.30. The summed E-state index contributed by atoms with van der Waals surface area (Å²) in [5, 5.41) is 19.3. The van der Waals surface area contributed by atoms with Gasteiger partial charge in [0.25, 0.3) is 5.91 Å². The summed E-state index contributed by atoms with van der Waals surface area (Å²) in [6, 6.07) is 13.7. The number of nitrogens with zero attached hydrogens (tertiary/aromatic N) is 1. The third-order valence-corrected chi connectivity index (χ3v) is 9.95. The fraction of sp³-hybridized carbons (Fsp3) is 0.564. The van der Waals surface area contributed by atoms with Crippen LogP contribution in [0.25, 0.3) is 0 Å². The summed E-state index contributed by atoms with van der Waals surface area (Å²) in [5.41, 5.74) is 1.56. The summed E-state index contributed by atoms with van der Waals surface area (Å²) in [6.45, 7) is 2.35. The van der Waals surface area contributed by atoms with E-state index >= 15 is 0 Å². The van der Waals surface area contributed by atoms with Gasteiger partial charge in [-0.25, -0.2) is 0 Å². The fourth-order valence-electron chi connectivity index (χ4n) is 7.23. The summed E-state index contributed by atoms with van der Waals surface area (Å²) in [5.74, 6) is -2.09. The van der Waals surface area contributed by atoms with Crippen molar-refractivity contribution >= 4 is 29.6 Å². The van der Waals surface area contributed by atoms with Crippen LogP contribution in [0.4, 0.5) is 0 Å². The SMILES string of the molecule is CCCC(NC(=O)[C@@H]1C[C@@H]2CN1C(=O)[C@H](C1CCCCC1)NC(=O)Cc1cccc(c1)OCCCO2)C(O)C(=O)NCC(=O)OCc1ccccc1. The van der Waals surface area contributed by atoms with Gasteiger partial charge in [0.1, 0.15) is 31.0 Å². The highest BCUT2D eigenvalue weighted by atomic mass is 16.5. The van der Waals surface area contributed by atoms with Crippen molar-refractivity contribution in [3.63, 3.8) is 0 Å². The summed E-state index contributed by atoms with van der Waals surface area (Å²) in [7, 11) is 0. The largest absolute Gasteiger partial charge is 0.493 e. The lowest BCUT2D eigenvalue weighted by Crippen LogP contribution is -2.58. The molecular weight excluding hydrogens is 668 g/mol. The molecule has 2 heterocycles. The number of carbonyl (C=O) groups excluding carboxylic acids is 5. The lowest BCUT2D eigenvalue weighted by molar-refractivity contribution is -0.146. The van der Waals surface area contributed by atoms with Crippen LogP contribution in [0.2, 0.25) is 0 Å². The molecule has 5 rings (SSSR count). The maximum atomic E-state index is 14.5. The molecule has 13 nitrogen and oxygen atoms in total. The first kappa shape index (κ1) is 38.7. The second-order valence-corrected chi connectivity index (χ2v) is 13.9. The Morgan fingerprint density at radius 2 is 1.81 bits per heavy atom. The minimum atomic E-state index is -1.66. The van der Waals surface area contributed by atoms with Gasteiger partial charge in [0.15, 0.2) is 6.10 Å². The second-order valence-electron chi connectivity index (χ2n) is 13.9. The first-order valence-electron chi connectivity index (χ1n) is 18.6. The van der Waals surface area contributed by atoms with Crippen LogP contribution in [0.5, 0.6) is 5.75 Å². The zero-order chi connectivity index (χ0) is 36.9. The van der Waals surface area contributed by atoms with Crippen molar-refractivity contribution in [3.05, 3.63) is 65.7 Å². The van der Waals surface area contributed by atoms with Gasteiger partial charge in [-0.3, -0.25) is 24.0 Å². The molecule has 13 heteroatoms. The molecule has 4 amide bonds. The van der Waals surface area contributed by atoms with Gasteiger partial charge >= 0.3 is 5.97 Å². The van der Waals surface area contributed by atoms with Crippen LogP contribution in [-0.4, -0.2) is 96.2 Å². The van der Waals surface area contributed by atoms with Crippen LogP contribution in [0.1, 0.15) is 75.8 Å². The highest BCUT2D eigenvalue weighted by molar-refractivity contribution is 5.94. The molecule has 2 aromatic carbocycles. The average Bonchev–Trinajstić information content (AvgIpc) is 3.59. The number of aliphatic hydroxyl groups excluding tert-OH is 1. The Kier molecular flexibility index (Phi) is 14.4. The number of esters is 1. The van der Waals surface area contributed by atoms with E-state index in [0.29, 0.717) is 31.8 Å². The number of aliphatic hydroxyl groups is 1. The Balaban J connectivity index is 1.28. The molecule has 0 aromatic heterocycles. The number of amides is 4. The standard InChI is InChI=1S/C39H52N4O9/c1-2-11-31(36(46)38(48)40-23-34(45)52-25-26-12-5-3-6-13-26)41-37(47)32-22-30-24-43(32)39(49)35(28-15-7-4-8-16-28)42-33(44)21-27-14-9-17-29(20-27)50-18-10-19-51-30/h3,5-6,9,12-14,17,20,28,30-32,35-36,46H,2,4,7-8,10-11,15-16,18-19,21-25H2,1H3,(H,40,48)(H,41,47)(H,42,44)/t30-,31?,32+,35+,36?/m1/s1. The Morgan fingerprint density at radius 1 is 1.02 bits per heavy atom. The molecule has 1 saturated carbocycles. The molecule has 2 aliphatic heterocycles. The molecule has 1 saturated heterocycles. The smallest absolute Gasteiger partial charge is 0.325 e. The molecule has 0 radical (unpaired) electrons. The normalized spacial score (nSPS) is 22.7. The predicted octanol–water partition coefficient (Wildman–Crippen LogP) is 2.57. The third-order valence-electron chi connectivity index (χ3n) is 9.95. The Hall–Kier alpha value is -4.49. The van der Waals surface area contributed by atoms with Crippen molar-refractivity contribution in [2.45, 2.75) is 108 Å². The number of nitrogens with one attached hydrogen (secondary N) is 3. The zero-order valence-electron chi connectivity index (χ0n) is 29.9. The van der Waals surface area contributed by atoms with Crippen molar-refractivity contribution in [2.75, 3.05) is 26.3 Å². The molecule has 4 N–H and O–H groups in total. The Labute approximate surface area is 305 Å². The van der Waals surface area contributed by atoms with Crippen LogP contribution in [0, 0.1) is 5.92 Å². The minimum Gasteiger partial charge on any atom is -0.493 e. The number of fused-ring (bicyclic) bond motifs is 4. The van der Waals surface area contributed by atoms with Crippen molar-refractivity contribution in [3.8, 4) is 5.75 Å². The molecule has 1 aliphatic carbocycles. The molecule has 52 heavy (non-hydrogen) atoms. The van der Waals surface area contributed by atoms with Gasteiger partial charge in [0.2, 0.25) is 17.7 Å². The number of carbonyl (C=O) groups is 5. The summed E-state index contributed by atoms with van der Waals surface area (Å²) in [6.07, 6.45) is 4.08. The molecule has 2 unspecified atom stereocenters. The van der Waals surface area contributed by atoms with Crippen LogP contribution in [0.15, 0.2) is 54.6 Å². The molecular formula is C39H52N4O9. The van der Waals surface area contributed by atoms with Gasteiger partial charge in [0.05, 0.1) is 31.8 Å². The number of hydrogen-bond acceptors (Lipinski definition) is 9. The van der Waals surface area contributed by atoms with Crippen LogP contribution >= 0.6 is 0 Å². The van der Waals surface area contributed by atoms with E-state index in [0.717, 1.165) is 43.2 Å². The number of benzene rings is 2. The van der Waals surface area contributed by atoms with Crippen LogP contribution in [-0.2, 0) is 46.5 Å². The summed E-state index contributed by atoms with van der Waals surface area (Å²) in [4.78, 5) is 68.7. The molecule has 2 fully saturated rings. The van der Waals surface area contributed by atoms with E-state index in [4.69, 9.17) is 14.2 Å². The van der Waals surface area contributed by atoms with Crippen molar-refractivity contribution in [1.29, 1.82) is 0 Å². The Bertz CT molecular complexity index is 1520. The van der Waals surface area contributed by atoms with E-state index in [1.165, 1.54) is 4.90 Å². The lowest BCUT2D eigenvalue weighted by Gasteiger charge is -2.35. The van der Waals surface area contributed by atoms with Gasteiger partial charge in [0, 0.05) is 19.4 Å². The van der Waals surface area contributed by atoms with Crippen molar-refractivity contribution in [1.82, 2.24) is 20.9 Å². The van der Waals surface area contributed by atoms with E-state index in [1.807, 2.05) is 49.4 Å². The highest BCUT2D eigenvalue weighted by Gasteiger charge is 2.45. The average molecular weight is 721 g/mol. The molecule has 4 bridgehead atoms. The molecule has 3 aliphatic rings. The van der Waals surface area contributed by atoms with Gasteiger partial charge in [-0.15, -0.1) is 0 Å². The van der Waals surface area contributed by atoms with Gasteiger partial charge in [-0.05, 0) is 48.4 Å². The predicted molar refractivity (Wildman–Crippen MR) is 191 cm³/mol. The summed E-state index contributed by atoms with van der Waals surface area (Å²) >= 11 is 0. The van der Waals surface area contributed by atoms with Gasteiger partial charge in [-0.1, -0.05) is 75.1 Å². The fourth-order valence-corrected chi connectivity index (χ4v) is 7.23. The van der Waals surface area contributed by atoms with Gasteiger partial charge in [-0.2, -0.15) is 0 Å². The van der Waals surface area contributed by atoms with E-state index in [-0.39, 0.29) is 50.1 Å². The van der Waals surface area contributed by atoms with E-state index in [9.17, 15) is 29.1 Å². The quantitative estimate of drug-likeness (QED) is 0.255. The van der Waals surface area contributed by atoms with Crippen molar-refractivity contribution in [2.24, 2.45) is 5.92 Å². The topological polar surface area (TPSA) is 173 Å². The van der Waals surface area contributed by atoms with E-state index in [2.05, 4.69) is 16.0 Å². The maximum absolute atomic E-state index is 14.5. The number of ether oxygens (including phenoxy) is 3. The molecule has 0 spiro atoms. The first-order valence-corrected chi connectivity index (χ1v) is 18.6. The number of hydrogen-bond donors (Lipinski definition) is 4. The zero-order valence-corrected chi connectivity index (χ0v) is 29.9. The second kappa shape index (κ2) is 19.4. The van der Waals surface area contributed by atoms with Crippen LogP contribution in [0.3, 0.4) is 0 Å². The number of rotatable bonds is 11. The summed E-state index contributed by atoms with van der Waals surface area (Å²) < 4.78 is 17.3. The molecule has 282 valence electrons. The minimum absolute atomic E-state index is 0.0424. The lowest BCUT2D eigenvalue weighted by atomic mass is 9.83. The van der Waals surface area contributed by atoms with E-state index < -0.39 is 54.7 Å². The Morgan fingerprint density at radius 3 is 2.58 bits per heavy atom. The van der Waals surface area contributed by atoms with E-state index in [1.54, 1.807) is 12.1 Å². The van der Waals surface area contributed by atoms with Crippen molar-refractivity contribution < 1.29 is 43.3 Å². The maximum Gasteiger partial charge on any atom is 0.325 e. The first-order chi connectivity index (χ1) is 25.2. The third kappa shape index (κ3) is 11.0. The molecule has 5 atom stereocenters. The van der Waals surface area contributed by atoms with Gasteiger partial charge < -0.3 is 40.2 Å². The molecule has 2 aromatic rings. The monoisotopic (exact) mass is 720 g/mol.